The van der Waals surface area contributed by atoms with Gasteiger partial charge in [0.15, 0.2) is 0 Å². The first-order valence-electron chi connectivity index (χ1n) is 9.38. The minimum atomic E-state index is -0.868. The Kier molecular flexibility index (Phi) is 6.94. The summed E-state index contributed by atoms with van der Waals surface area (Å²) in [7, 11) is 0. The average Bonchev–Trinajstić information content (AvgIpc) is 2.66. The SMILES string of the molecule is Cc1ccc(N2C(=O)NC(=O)/C(=C\c3cc(Cl)cc(Cl)c3OCC(C)C)C2=O)cc1Cl. The number of benzene rings is 2. The van der Waals surface area contributed by atoms with Crippen molar-refractivity contribution >= 4 is 64.4 Å². The van der Waals surface area contributed by atoms with Gasteiger partial charge in [0, 0.05) is 15.6 Å². The Balaban J connectivity index is 2.07. The summed E-state index contributed by atoms with van der Waals surface area (Å²) in [6.07, 6.45) is 1.31. The number of amides is 4. The normalized spacial score (nSPS) is 15.6. The molecule has 2 aromatic rings. The summed E-state index contributed by atoms with van der Waals surface area (Å²) >= 11 is 18.5. The Hall–Kier alpha value is -2.54. The molecule has 2 aromatic carbocycles. The van der Waals surface area contributed by atoms with Crippen LogP contribution in [0.4, 0.5) is 10.5 Å². The van der Waals surface area contributed by atoms with Gasteiger partial charge >= 0.3 is 6.03 Å². The highest BCUT2D eigenvalue weighted by Gasteiger charge is 2.37. The van der Waals surface area contributed by atoms with Gasteiger partial charge in [-0.2, -0.15) is 0 Å². The molecule has 0 saturated carbocycles. The molecule has 4 amide bonds. The van der Waals surface area contributed by atoms with E-state index in [1.807, 2.05) is 13.8 Å². The third-order valence-electron chi connectivity index (χ3n) is 4.41. The van der Waals surface area contributed by atoms with Gasteiger partial charge < -0.3 is 4.74 Å². The van der Waals surface area contributed by atoms with Crippen LogP contribution in [0.3, 0.4) is 0 Å². The molecule has 1 saturated heterocycles. The van der Waals surface area contributed by atoms with Gasteiger partial charge in [-0.15, -0.1) is 0 Å². The number of hydrogen-bond donors (Lipinski definition) is 1. The summed E-state index contributed by atoms with van der Waals surface area (Å²) < 4.78 is 5.78. The highest BCUT2D eigenvalue weighted by molar-refractivity contribution is 6.40. The van der Waals surface area contributed by atoms with E-state index in [9.17, 15) is 14.4 Å². The lowest BCUT2D eigenvalue weighted by Gasteiger charge is -2.27. The number of urea groups is 1. The summed E-state index contributed by atoms with van der Waals surface area (Å²) in [5.74, 6) is -1.14. The maximum absolute atomic E-state index is 13.1. The van der Waals surface area contributed by atoms with E-state index in [1.54, 1.807) is 19.1 Å². The zero-order chi connectivity index (χ0) is 22.9. The van der Waals surface area contributed by atoms with Crippen LogP contribution in [-0.2, 0) is 9.59 Å². The fraction of sp³-hybridized carbons (Fsp3) is 0.227. The lowest BCUT2D eigenvalue weighted by Crippen LogP contribution is -2.54. The van der Waals surface area contributed by atoms with Gasteiger partial charge in [0.1, 0.15) is 11.3 Å². The Labute approximate surface area is 194 Å². The molecule has 0 bridgehead atoms. The molecule has 9 heteroatoms. The van der Waals surface area contributed by atoms with Gasteiger partial charge in [-0.05, 0) is 48.7 Å². The number of nitrogens with one attached hydrogen (secondary N) is 1. The molecule has 1 fully saturated rings. The molecule has 0 atom stereocenters. The number of barbiturate groups is 1. The van der Waals surface area contributed by atoms with Gasteiger partial charge in [0.05, 0.1) is 17.3 Å². The molecular formula is C22H19Cl3N2O4. The molecule has 1 aliphatic rings. The lowest BCUT2D eigenvalue weighted by molar-refractivity contribution is -0.122. The largest absolute Gasteiger partial charge is 0.491 e. The van der Waals surface area contributed by atoms with Crippen molar-refractivity contribution in [2.24, 2.45) is 5.92 Å². The number of halogens is 3. The highest BCUT2D eigenvalue weighted by atomic mass is 35.5. The number of nitrogens with zero attached hydrogens (tertiary/aromatic N) is 1. The molecule has 1 N–H and O–H groups in total. The van der Waals surface area contributed by atoms with E-state index in [0.717, 1.165) is 10.5 Å². The molecule has 162 valence electrons. The van der Waals surface area contributed by atoms with Crippen LogP contribution >= 0.6 is 34.8 Å². The summed E-state index contributed by atoms with van der Waals surface area (Å²) in [6, 6.07) is 6.89. The Morgan fingerprint density at radius 1 is 1.06 bits per heavy atom. The molecule has 6 nitrogen and oxygen atoms in total. The highest BCUT2D eigenvalue weighted by Crippen LogP contribution is 2.35. The fourth-order valence-electron chi connectivity index (χ4n) is 2.86. The van der Waals surface area contributed by atoms with Crippen LogP contribution in [0.25, 0.3) is 6.08 Å². The number of imide groups is 2. The number of aryl methyl sites for hydroxylation is 1. The Bertz CT molecular complexity index is 1110. The number of hydrogen-bond acceptors (Lipinski definition) is 4. The van der Waals surface area contributed by atoms with Crippen molar-refractivity contribution in [1.29, 1.82) is 0 Å². The summed E-state index contributed by atoms with van der Waals surface area (Å²) in [5, 5.41) is 3.09. The molecular weight excluding hydrogens is 463 g/mol. The zero-order valence-electron chi connectivity index (χ0n) is 17.0. The predicted octanol–water partition coefficient (Wildman–Crippen LogP) is 5.66. The quantitative estimate of drug-likeness (QED) is 0.442. The molecule has 31 heavy (non-hydrogen) atoms. The van der Waals surface area contributed by atoms with Gasteiger partial charge in [-0.3, -0.25) is 14.9 Å². The summed E-state index contributed by atoms with van der Waals surface area (Å²) in [4.78, 5) is 38.8. The van der Waals surface area contributed by atoms with E-state index in [2.05, 4.69) is 5.32 Å². The van der Waals surface area contributed by atoms with Crippen LogP contribution in [0.15, 0.2) is 35.9 Å². The molecule has 0 spiro atoms. The van der Waals surface area contributed by atoms with Gasteiger partial charge in [-0.25, -0.2) is 9.69 Å². The topological polar surface area (TPSA) is 75.7 Å². The number of carbonyl (C=O) groups is 3. The van der Waals surface area contributed by atoms with E-state index in [0.29, 0.717) is 22.2 Å². The van der Waals surface area contributed by atoms with Crippen molar-refractivity contribution in [3.63, 3.8) is 0 Å². The van der Waals surface area contributed by atoms with Gasteiger partial charge in [0.2, 0.25) is 0 Å². The molecule has 0 aliphatic carbocycles. The first kappa shape index (κ1) is 23.1. The van der Waals surface area contributed by atoms with E-state index >= 15 is 0 Å². The van der Waals surface area contributed by atoms with Crippen LogP contribution in [0.2, 0.25) is 15.1 Å². The van der Waals surface area contributed by atoms with Crippen molar-refractivity contribution in [3.8, 4) is 5.75 Å². The van der Waals surface area contributed by atoms with Crippen LogP contribution in [0.1, 0.15) is 25.0 Å². The van der Waals surface area contributed by atoms with Crippen LogP contribution in [0.5, 0.6) is 5.75 Å². The number of ether oxygens (including phenoxy) is 1. The molecule has 1 heterocycles. The first-order chi connectivity index (χ1) is 14.6. The average molecular weight is 482 g/mol. The zero-order valence-corrected chi connectivity index (χ0v) is 19.2. The Morgan fingerprint density at radius 3 is 2.42 bits per heavy atom. The lowest BCUT2D eigenvalue weighted by atomic mass is 10.1. The maximum Gasteiger partial charge on any atom is 0.335 e. The molecule has 0 unspecified atom stereocenters. The van der Waals surface area contributed by atoms with Crippen molar-refractivity contribution in [3.05, 3.63) is 62.1 Å². The van der Waals surface area contributed by atoms with E-state index < -0.39 is 17.8 Å². The molecule has 3 rings (SSSR count). The summed E-state index contributed by atoms with van der Waals surface area (Å²) in [5.41, 5.74) is 1.08. The van der Waals surface area contributed by atoms with E-state index in [1.165, 1.54) is 24.3 Å². The van der Waals surface area contributed by atoms with Crippen LogP contribution in [-0.4, -0.2) is 24.5 Å². The molecule has 0 radical (unpaired) electrons. The van der Waals surface area contributed by atoms with Crippen molar-refractivity contribution in [2.45, 2.75) is 20.8 Å². The van der Waals surface area contributed by atoms with E-state index in [4.69, 9.17) is 39.5 Å². The Morgan fingerprint density at radius 2 is 1.77 bits per heavy atom. The number of carbonyl (C=O) groups excluding carboxylic acids is 3. The minimum Gasteiger partial charge on any atom is -0.491 e. The van der Waals surface area contributed by atoms with Crippen LogP contribution < -0.4 is 15.0 Å². The second-order valence-corrected chi connectivity index (χ2v) is 8.65. The third-order valence-corrected chi connectivity index (χ3v) is 5.32. The van der Waals surface area contributed by atoms with Crippen molar-refractivity contribution in [2.75, 3.05) is 11.5 Å². The van der Waals surface area contributed by atoms with Gasteiger partial charge in [-0.1, -0.05) is 54.7 Å². The third kappa shape index (κ3) is 5.03. The van der Waals surface area contributed by atoms with Gasteiger partial charge in [0.25, 0.3) is 11.8 Å². The summed E-state index contributed by atoms with van der Waals surface area (Å²) in [6.45, 7) is 6.09. The smallest absolute Gasteiger partial charge is 0.335 e. The second kappa shape index (κ2) is 9.30. The van der Waals surface area contributed by atoms with E-state index in [-0.39, 0.29) is 28.0 Å². The van der Waals surface area contributed by atoms with Crippen molar-refractivity contribution in [1.82, 2.24) is 5.32 Å². The number of rotatable bonds is 5. The minimum absolute atomic E-state index is 0.214. The second-order valence-electron chi connectivity index (χ2n) is 7.40. The molecule has 1 aliphatic heterocycles. The molecule has 0 aromatic heterocycles. The number of anilines is 1. The van der Waals surface area contributed by atoms with Crippen LogP contribution in [0, 0.1) is 12.8 Å². The standard InChI is InChI=1S/C22H19Cl3N2O4/c1-11(2)10-31-19-13(6-14(23)8-18(19)25)7-16-20(28)26-22(30)27(21(16)29)15-5-4-12(3)17(24)9-15/h4-9,11H,10H2,1-3H3,(H,26,28,30)/b16-7+. The fourth-order valence-corrected chi connectivity index (χ4v) is 3.60. The monoisotopic (exact) mass is 480 g/mol. The maximum atomic E-state index is 13.1. The van der Waals surface area contributed by atoms with Crippen molar-refractivity contribution < 1.29 is 19.1 Å². The first-order valence-corrected chi connectivity index (χ1v) is 10.5. The predicted molar refractivity (Wildman–Crippen MR) is 122 cm³/mol.